The van der Waals surface area contributed by atoms with Gasteiger partial charge in [-0.3, -0.25) is 0 Å². The number of rotatable bonds is 13. The average molecular weight is 228 g/mol. The largest absolute Gasteiger partial charge is 0.318 e. The van der Waals surface area contributed by atoms with E-state index in [2.05, 4.69) is 17.6 Å². The van der Waals surface area contributed by atoms with Gasteiger partial charge >= 0.3 is 0 Å². The van der Waals surface area contributed by atoms with Crippen LogP contribution < -0.4 is 16.4 Å². The minimum absolute atomic E-state index is 0.591. The van der Waals surface area contributed by atoms with Crippen molar-refractivity contribution in [3.63, 3.8) is 0 Å². The third-order valence-corrected chi connectivity index (χ3v) is 2.70. The third kappa shape index (κ3) is 13.9. The molecule has 4 N–H and O–H groups in total. The Morgan fingerprint density at radius 1 is 0.688 bits per heavy atom. The summed E-state index contributed by atoms with van der Waals surface area (Å²) in [7, 11) is 0. The second-order valence-corrected chi connectivity index (χ2v) is 4.28. The molecular weight excluding hydrogens is 198 g/mol. The first kappa shape index (κ1) is 15.9. The van der Waals surface area contributed by atoms with Gasteiger partial charge in [-0.1, -0.05) is 45.4 Å². The van der Waals surface area contributed by atoms with Gasteiger partial charge in [-0.15, -0.1) is 0 Å². The van der Waals surface area contributed by atoms with Gasteiger partial charge in [0.25, 0.3) is 0 Å². The maximum atomic E-state index is 5.32. The quantitative estimate of drug-likeness (QED) is 0.334. The summed E-state index contributed by atoms with van der Waals surface area (Å²) in [5, 5.41) is 6.57. The molecule has 1 radical (unpaired) electrons. The lowest BCUT2D eigenvalue weighted by Crippen LogP contribution is -2.26. The van der Waals surface area contributed by atoms with Gasteiger partial charge in [-0.25, -0.2) is 0 Å². The molecule has 0 aromatic rings. The van der Waals surface area contributed by atoms with Crippen molar-refractivity contribution in [2.24, 2.45) is 5.73 Å². The van der Waals surface area contributed by atoms with Crippen molar-refractivity contribution in [3.8, 4) is 0 Å². The van der Waals surface area contributed by atoms with Crippen LogP contribution in [-0.2, 0) is 0 Å². The van der Waals surface area contributed by atoms with Crippen molar-refractivity contribution in [1.82, 2.24) is 10.6 Å². The Bertz CT molecular complexity index is 104. The molecule has 0 amide bonds. The lowest BCUT2D eigenvalue weighted by atomic mass is 10.1. The molecule has 0 aromatic heterocycles. The molecule has 0 rings (SSSR count). The second-order valence-electron chi connectivity index (χ2n) is 4.28. The van der Waals surface area contributed by atoms with Gasteiger partial charge in [0.2, 0.25) is 0 Å². The monoisotopic (exact) mass is 228 g/mol. The van der Waals surface area contributed by atoms with Crippen LogP contribution >= 0.6 is 0 Å². The number of hydrogen-bond acceptors (Lipinski definition) is 3. The fourth-order valence-electron chi connectivity index (χ4n) is 1.70. The first-order valence-electron chi connectivity index (χ1n) is 6.82. The van der Waals surface area contributed by atoms with E-state index in [9.17, 15) is 0 Å². The summed E-state index contributed by atoms with van der Waals surface area (Å²) in [5.41, 5.74) is 5.32. The molecule has 0 saturated carbocycles. The lowest BCUT2D eigenvalue weighted by Gasteiger charge is -2.05. The van der Waals surface area contributed by atoms with Crippen LogP contribution in [0.5, 0.6) is 0 Å². The number of nitrogens with two attached hydrogens (primary N) is 1. The minimum atomic E-state index is 0.591. The highest BCUT2D eigenvalue weighted by atomic mass is 15.0. The van der Waals surface area contributed by atoms with Crippen molar-refractivity contribution in [2.45, 2.75) is 51.4 Å². The summed E-state index contributed by atoms with van der Waals surface area (Å²) in [6, 6.07) is 0. The predicted molar refractivity (Wildman–Crippen MR) is 72.2 cm³/mol. The van der Waals surface area contributed by atoms with Gasteiger partial charge in [-0.05, 0) is 32.5 Å². The van der Waals surface area contributed by atoms with Gasteiger partial charge in [0.05, 0.1) is 0 Å². The predicted octanol–water partition coefficient (Wildman–Crippen LogP) is 2.04. The van der Waals surface area contributed by atoms with E-state index in [1.165, 1.54) is 44.9 Å². The van der Waals surface area contributed by atoms with E-state index in [1.807, 2.05) is 0 Å². The van der Waals surface area contributed by atoms with Gasteiger partial charge in [0.15, 0.2) is 0 Å². The fourth-order valence-corrected chi connectivity index (χ4v) is 1.70. The van der Waals surface area contributed by atoms with Crippen molar-refractivity contribution < 1.29 is 0 Å². The summed E-state index contributed by atoms with van der Waals surface area (Å²) in [5.74, 6) is 0. The van der Waals surface area contributed by atoms with E-state index in [-0.39, 0.29) is 0 Å². The van der Waals surface area contributed by atoms with Crippen molar-refractivity contribution >= 4 is 0 Å². The van der Waals surface area contributed by atoms with Crippen molar-refractivity contribution in [1.29, 1.82) is 0 Å². The molecule has 0 heterocycles. The third-order valence-electron chi connectivity index (χ3n) is 2.70. The maximum Gasteiger partial charge on any atom is 0.0428 e. The molecule has 0 aromatic carbocycles. The topological polar surface area (TPSA) is 50.1 Å². The molecule has 0 aliphatic rings. The average Bonchev–Trinajstić information content (AvgIpc) is 2.31. The Balaban J connectivity index is 2.83. The zero-order chi connectivity index (χ0) is 11.9. The van der Waals surface area contributed by atoms with Gasteiger partial charge in [-0.2, -0.15) is 0 Å². The van der Waals surface area contributed by atoms with E-state index in [1.54, 1.807) is 0 Å². The van der Waals surface area contributed by atoms with Crippen LogP contribution in [0.3, 0.4) is 0 Å². The summed E-state index contributed by atoms with van der Waals surface area (Å²) in [4.78, 5) is 0. The van der Waals surface area contributed by atoms with Crippen molar-refractivity contribution in [2.75, 3.05) is 26.3 Å². The fraction of sp³-hybridized carbons (Fsp3) is 0.923. The zero-order valence-corrected chi connectivity index (χ0v) is 10.8. The molecule has 0 aliphatic heterocycles. The minimum Gasteiger partial charge on any atom is -0.318 e. The smallest absolute Gasteiger partial charge is 0.0428 e. The summed E-state index contributed by atoms with van der Waals surface area (Å²) < 4.78 is 0. The van der Waals surface area contributed by atoms with E-state index in [4.69, 9.17) is 5.73 Å². The summed E-state index contributed by atoms with van der Waals surface area (Å²) in [6.45, 7) is 7.73. The van der Waals surface area contributed by atoms with Crippen LogP contribution in [0.1, 0.15) is 51.4 Å². The second kappa shape index (κ2) is 14.9. The number of hydrogen-bond donors (Lipinski definition) is 3. The van der Waals surface area contributed by atoms with Gasteiger partial charge in [0.1, 0.15) is 0 Å². The SMILES string of the molecule is [CH2]CCCCCCCCNCCCNCN. The standard InChI is InChI=1S/C13H30N3/c1-2-3-4-5-6-7-8-10-15-11-9-12-16-13-14/h15-16H,1-14H2. The maximum absolute atomic E-state index is 5.32. The molecule has 0 unspecified atom stereocenters. The Morgan fingerprint density at radius 2 is 1.25 bits per heavy atom. The molecule has 97 valence electrons. The molecule has 3 nitrogen and oxygen atoms in total. The van der Waals surface area contributed by atoms with Crippen molar-refractivity contribution in [3.05, 3.63) is 6.92 Å². The molecule has 0 atom stereocenters. The molecule has 16 heavy (non-hydrogen) atoms. The number of nitrogens with one attached hydrogen (secondary N) is 2. The van der Waals surface area contributed by atoms with Crippen LogP contribution in [0, 0.1) is 6.92 Å². The van der Waals surface area contributed by atoms with E-state index in [0.717, 1.165) is 26.1 Å². The Hall–Kier alpha value is -0.120. The Labute approximate surface area is 102 Å². The molecule has 0 spiro atoms. The first-order valence-corrected chi connectivity index (χ1v) is 6.82. The van der Waals surface area contributed by atoms with Gasteiger partial charge in [0, 0.05) is 6.67 Å². The van der Waals surface area contributed by atoms with E-state index in [0.29, 0.717) is 6.67 Å². The molecule has 0 bridgehead atoms. The molecular formula is C13H30N3. The summed E-state index contributed by atoms with van der Waals surface area (Å²) >= 11 is 0. The van der Waals surface area contributed by atoms with Crippen LogP contribution in [0.4, 0.5) is 0 Å². The van der Waals surface area contributed by atoms with Crippen LogP contribution in [0.25, 0.3) is 0 Å². The Morgan fingerprint density at radius 3 is 1.94 bits per heavy atom. The van der Waals surface area contributed by atoms with Crippen LogP contribution in [-0.4, -0.2) is 26.3 Å². The zero-order valence-electron chi connectivity index (χ0n) is 10.8. The van der Waals surface area contributed by atoms with Gasteiger partial charge < -0.3 is 16.4 Å². The molecule has 0 saturated heterocycles. The Kier molecular flexibility index (Phi) is 14.8. The number of unbranched alkanes of at least 4 members (excludes halogenated alkanes) is 6. The van der Waals surface area contributed by atoms with Crippen LogP contribution in [0.15, 0.2) is 0 Å². The highest BCUT2D eigenvalue weighted by Crippen LogP contribution is 2.05. The highest BCUT2D eigenvalue weighted by molar-refractivity contribution is 4.52. The first-order chi connectivity index (χ1) is 7.91. The van der Waals surface area contributed by atoms with E-state index < -0.39 is 0 Å². The summed E-state index contributed by atoms with van der Waals surface area (Å²) in [6.07, 6.45) is 10.4. The van der Waals surface area contributed by atoms with Crippen LogP contribution in [0.2, 0.25) is 0 Å². The molecule has 0 aliphatic carbocycles. The normalized spacial score (nSPS) is 10.9. The molecule has 3 heteroatoms. The lowest BCUT2D eigenvalue weighted by molar-refractivity contribution is 0.551. The van der Waals surface area contributed by atoms with E-state index >= 15 is 0 Å². The highest BCUT2D eigenvalue weighted by Gasteiger charge is 1.91. The molecule has 0 fully saturated rings.